The summed E-state index contributed by atoms with van der Waals surface area (Å²) >= 11 is 1.18. The van der Waals surface area contributed by atoms with E-state index in [1.165, 1.54) is 69.5 Å². The van der Waals surface area contributed by atoms with Crippen molar-refractivity contribution in [3.05, 3.63) is 60.8 Å². The first-order valence-corrected chi connectivity index (χ1v) is 26.8. The van der Waals surface area contributed by atoms with Gasteiger partial charge in [-0.2, -0.15) is 0 Å². The van der Waals surface area contributed by atoms with Crippen LogP contribution < -0.4 is 11.5 Å². The Bertz CT molecular complexity index is 1470. The normalized spacial score (nSPS) is 15.4. The molecule has 0 amide bonds. The number of carbonyl (C=O) groups is 4. The first kappa shape index (κ1) is 62.9. The number of phosphoric ester groups is 1. The lowest BCUT2D eigenvalue weighted by atomic mass is 10.1. The first-order chi connectivity index (χ1) is 31.7. The molecule has 0 aromatic carbocycles. The molecule has 0 aliphatic carbocycles. The van der Waals surface area contributed by atoms with Gasteiger partial charge in [0.25, 0.3) is 0 Å². The number of thioether (sulfide) groups is 1. The summed E-state index contributed by atoms with van der Waals surface area (Å²) < 4.78 is 32.9. The molecule has 1 unspecified atom stereocenters. The van der Waals surface area contributed by atoms with E-state index < -0.39 is 81.1 Å². The minimum Gasteiger partial charge on any atom is -0.481 e. The molecule has 0 bridgehead atoms. The number of allylic oxidation sites excluding steroid dienone is 9. The van der Waals surface area contributed by atoms with E-state index >= 15 is 0 Å². The topological polar surface area (TPSA) is 255 Å². The Balaban J connectivity index is 5.17. The number of hydrogen-bond acceptors (Lipinski definition) is 13. The lowest BCUT2D eigenvalue weighted by Crippen LogP contribution is -2.38. The predicted molar refractivity (Wildman–Crippen MR) is 264 cm³/mol. The number of carbonyl (C=O) groups excluding carboxylic acids is 2. The van der Waals surface area contributed by atoms with Crippen molar-refractivity contribution >= 4 is 43.5 Å². The van der Waals surface area contributed by atoms with E-state index in [1.54, 1.807) is 18.2 Å². The highest BCUT2D eigenvalue weighted by Crippen LogP contribution is 2.43. The molecule has 0 spiro atoms. The third-order valence-electron chi connectivity index (χ3n) is 10.2. The number of rotatable bonds is 45. The number of nitrogens with two attached hydrogens (primary N) is 2. The zero-order valence-corrected chi connectivity index (χ0v) is 41.6. The quantitative estimate of drug-likeness (QED) is 0.0109. The average Bonchev–Trinajstić information content (AvgIpc) is 3.28. The van der Waals surface area contributed by atoms with Gasteiger partial charge in [-0.25, -0.2) is 4.57 Å². The lowest BCUT2D eigenvalue weighted by molar-refractivity contribution is -0.161. The molecule has 0 rings (SSSR count). The molecule has 0 aliphatic heterocycles. The van der Waals surface area contributed by atoms with Crippen LogP contribution in [0.25, 0.3) is 0 Å². The maximum atomic E-state index is 13.0. The Kier molecular flexibility index (Phi) is 41.2. The van der Waals surface area contributed by atoms with Crippen molar-refractivity contribution in [3.63, 3.8) is 0 Å². The van der Waals surface area contributed by atoms with Gasteiger partial charge in [0.2, 0.25) is 0 Å². The van der Waals surface area contributed by atoms with Gasteiger partial charge in [0.1, 0.15) is 18.7 Å². The molecule has 0 radical (unpaired) electrons. The van der Waals surface area contributed by atoms with E-state index in [1.807, 2.05) is 18.2 Å². The molecule has 8 N–H and O–H groups in total. The van der Waals surface area contributed by atoms with Crippen molar-refractivity contribution in [2.75, 3.05) is 25.6 Å². The number of ether oxygens (including phenoxy) is 2. The Labute approximate surface area is 399 Å². The highest BCUT2D eigenvalue weighted by atomic mass is 32.2. The van der Waals surface area contributed by atoms with Crippen molar-refractivity contribution < 1.29 is 62.5 Å². The summed E-state index contributed by atoms with van der Waals surface area (Å²) in [6.07, 6.45) is 40.4. The second kappa shape index (κ2) is 43.2. The number of unbranched alkanes of at least 4 members (excludes halogenated alkanes) is 16. The molecule has 0 fully saturated rings. The zero-order valence-electron chi connectivity index (χ0n) is 39.9. The SMILES string of the molecule is CCCCC/C=C\C\C=C/C=C/C=C/[C@@H](SC[C@H](N)C(=O)OC[C@H](COP(=O)(O)OC[C@H](N)C(=O)O)OC(=O)CCCCCCCCC/C=C\CCCCCCCC)[C@@H](O)CCCC(=O)O. The molecule has 380 valence electrons. The predicted octanol–water partition coefficient (Wildman–Crippen LogP) is 10.0. The van der Waals surface area contributed by atoms with Crippen LogP contribution in [0.1, 0.15) is 168 Å². The van der Waals surface area contributed by atoms with E-state index in [9.17, 15) is 33.7 Å². The van der Waals surface area contributed by atoms with E-state index in [0.717, 1.165) is 64.2 Å². The summed E-state index contributed by atoms with van der Waals surface area (Å²) in [5.74, 6) is -3.96. The fourth-order valence-corrected chi connectivity index (χ4v) is 8.17. The number of hydrogen-bond donors (Lipinski definition) is 6. The molecule has 17 heteroatoms. The number of carboxylic acids is 2. The second-order valence-corrected chi connectivity index (χ2v) is 19.1. The van der Waals surface area contributed by atoms with Crippen LogP contribution in [-0.4, -0.2) is 99.2 Å². The van der Waals surface area contributed by atoms with Crippen molar-refractivity contribution in [1.29, 1.82) is 0 Å². The van der Waals surface area contributed by atoms with Gasteiger partial charge in [-0.15, -0.1) is 11.8 Å². The van der Waals surface area contributed by atoms with Crippen LogP contribution in [-0.2, 0) is 42.3 Å². The van der Waals surface area contributed by atoms with Gasteiger partial charge in [-0.05, 0) is 64.2 Å². The van der Waals surface area contributed by atoms with Crippen LogP contribution in [0, 0.1) is 0 Å². The monoisotopic (exact) mass is 973 g/mol. The summed E-state index contributed by atoms with van der Waals surface area (Å²) in [4.78, 5) is 58.0. The molecule has 66 heavy (non-hydrogen) atoms. The summed E-state index contributed by atoms with van der Waals surface area (Å²) in [6, 6.07) is -2.79. The van der Waals surface area contributed by atoms with Gasteiger partial charge in [0.05, 0.1) is 19.3 Å². The molecule has 6 atom stereocenters. The maximum Gasteiger partial charge on any atom is 0.472 e. The summed E-state index contributed by atoms with van der Waals surface area (Å²) in [7, 11) is -4.86. The fraction of sp³-hybridized carbons (Fsp3) is 0.714. The van der Waals surface area contributed by atoms with Crippen molar-refractivity contribution in [3.8, 4) is 0 Å². The number of aliphatic hydroxyl groups excluding tert-OH is 1. The van der Waals surface area contributed by atoms with Crippen LogP contribution in [0.5, 0.6) is 0 Å². The Morgan fingerprint density at radius 1 is 0.636 bits per heavy atom. The van der Waals surface area contributed by atoms with Crippen LogP contribution in [0.4, 0.5) is 0 Å². The van der Waals surface area contributed by atoms with Gasteiger partial charge in [0.15, 0.2) is 6.10 Å². The zero-order chi connectivity index (χ0) is 49.1. The minimum atomic E-state index is -4.86. The highest BCUT2D eigenvalue weighted by molar-refractivity contribution is 8.00. The molecule has 0 saturated heterocycles. The van der Waals surface area contributed by atoms with Crippen LogP contribution in [0.3, 0.4) is 0 Å². The van der Waals surface area contributed by atoms with Gasteiger partial charge in [-0.3, -0.25) is 28.2 Å². The maximum absolute atomic E-state index is 13.0. The van der Waals surface area contributed by atoms with Crippen LogP contribution in [0.15, 0.2) is 60.8 Å². The van der Waals surface area contributed by atoms with E-state index in [2.05, 4.69) is 42.7 Å². The van der Waals surface area contributed by atoms with Gasteiger partial charge in [0, 0.05) is 23.8 Å². The Morgan fingerprint density at radius 2 is 1.18 bits per heavy atom. The number of aliphatic hydroxyl groups is 1. The molecule has 0 saturated carbocycles. The number of phosphoric acid groups is 1. The summed E-state index contributed by atoms with van der Waals surface area (Å²) in [5, 5.41) is 28.4. The summed E-state index contributed by atoms with van der Waals surface area (Å²) in [6.45, 7) is 2.25. The van der Waals surface area contributed by atoms with E-state index in [4.69, 9.17) is 35.7 Å². The largest absolute Gasteiger partial charge is 0.481 e. The van der Waals surface area contributed by atoms with Crippen molar-refractivity contribution in [2.45, 2.75) is 197 Å². The van der Waals surface area contributed by atoms with Crippen LogP contribution >= 0.6 is 19.6 Å². The van der Waals surface area contributed by atoms with E-state index in [0.29, 0.717) is 6.42 Å². The van der Waals surface area contributed by atoms with Crippen molar-refractivity contribution in [1.82, 2.24) is 0 Å². The Morgan fingerprint density at radius 3 is 1.80 bits per heavy atom. The molecule has 0 aromatic heterocycles. The smallest absolute Gasteiger partial charge is 0.472 e. The second-order valence-electron chi connectivity index (χ2n) is 16.4. The molecule has 15 nitrogen and oxygen atoms in total. The first-order valence-electron chi connectivity index (χ1n) is 24.3. The highest BCUT2D eigenvalue weighted by Gasteiger charge is 2.29. The molecule has 0 heterocycles. The molecule has 0 aliphatic rings. The van der Waals surface area contributed by atoms with E-state index in [-0.39, 0.29) is 31.4 Å². The van der Waals surface area contributed by atoms with Crippen LogP contribution in [0.2, 0.25) is 0 Å². The molecule has 0 aromatic rings. The third-order valence-corrected chi connectivity index (χ3v) is 12.6. The number of carboxylic acid groups (broad SMARTS) is 2. The minimum absolute atomic E-state index is 0.00113. The third kappa shape index (κ3) is 40.0. The number of aliphatic carboxylic acids is 2. The lowest BCUT2D eigenvalue weighted by Gasteiger charge is -2.22. The molecular formula is C49H85N2O13PS. The van der Waals surface area contributed by atoms with Crippen molar-refractivity contribution in [2.24, 2.45) is 11.5 Å². The number of esters is 2. The Hall–Kier alpha value is -3.08. The molecular weight excluding hydrogens is 888 g/mol. The average molecular weight is 973 g/mol. The standard InChI is InChI=1S/C49H85N2O13PS/c1-3-5-7-9-11-13-15-17-18-19-20-21-23-25-27-29-31-36-47(55)64-41(38-62-65(59,60)63-39-42(50)48(56)57)37-61-49(58)43(51)40-66-45(44(52)33-32-35-46(53)54)34-30-28-26-24-22-16-14-12-10-8-6-4-2/h12,14,17-18,22,24,26,28,30,34,41-45,52H,3-11,13,15-16,19-21,23,25,27,29,31-33,35-40,50-51H2,1-2H3,(H,53,54)(H,56,57)(H,59,60)/b14-12-,18-17-,24-22-,28-26+,34-30+/t41-,42+,43+,44+,45-/m1/s1. The fourth-order valence-electron chi connectivity index (χ4n) is 6.27. The van der Waals surface area contributed by atoms with Gasteiger partial charge >= 0.3 is 31.7 Å². The van der Waals surface area contributed by atoms with Gasteiger partial charge < -0.3 is 41.2 Å². The summed E-state index contributed by atoms with van der Waals surface area (Å²) in [5.41, 5.74) is 11.5. The van der Waals surface area contributed by atoms with Gasteiger partial charge in [-0.1, -0.05) is 152 Å².